The second-order valence-corrected chi connectivity index (χ2v) is 5.49. The fraction of sp³-hybridized carbons (Fsp3) is 0.846. The van der Waals surface area contributed by atoms with Crippen LogP contribution in [0.2, 0.25) is 0 Å². The number of nitrogens with two attached hydrogens (primary N) is 1. The van der Waals surface area contributed by atoms with E-state index in [0.29, 0.717) is 19.5 Å². The second-order valence-electron chi connectivity index (χ2n) is 5.49. The molecule has 122 valence electrons. The van der Waals surface area contributed by atoms with Gasteiger partial charge in [-0.1, -0.05) is 0 Å². The van der Waals surface area contributed by atoms with Crippen molar-refractivity contribution in [1.82, 2.24) is 15.1 Å². The minimum atomic E-state index is -0.535. The summed E-state index contributed by atoms with van der Waals surface area (Å²) < 4.78 is 5.29. The van der Waals surface area contributed by atoms with Crippen molar-refractivity contribution >= 4 is 24.2 Å². The molecule has 0 radical (unpaired) electrons. The largest absolute Gasteiger partial charge is 0.379 e. The first-order valence-corrected chi connectivity index (χ1v) is 7.20. The number of ether oxygens (including phenoxy) is 1. The number of carbonyl (C=O) groups is 2. The van der Waals surface area contributed by atoms with Gasteiger partial charge < -0.3 is 20.7 Å². The first-order valence-electron chi connectivity index (χ1n) is 7.20. The Hall–Kier alpha value is -0.890. The van der Waals surface area contributed by atoms with Crippen molar-refractivity contribution in [1.29, 1.82) is 0 Å². The van der Waals surface area contributed by atoms with Gasteiger partial charge in [-0.15, -0.1) is 12.4 Å². The number of morpholine rings is 1. The van der Waals surface area contributed by atoms with E-state index in [1.807, 2.05) is 4.90 Å². The smallest absolute Gasteiger partial charge is 0.236 e. The van der Waals surface area contributed by atoms with E-state index < -0.39 is 6.04 Å². The zero-order chi connectivity index (χ0) is 14.5. The molecule has 2 fully saturated rings. The number of hydrogen-bond donors (Lipinski definition) is 2. The molecule has 0 aromatic heterocycles. The summed E-state index contributed by atoms with van der Waals surface area (Å²) in [4.78, 5) is 27.6. The Morgan fingerprint density at radius 2 is 2.10 bits per heavy atom. The number of nitrogens with zero attached hydrogens (tertiary/aromatic N) is 2. The molecule has 0 aromatic carbocycles. The number of amides is 2. The average Bonchev–Trinajstić information content (AvgIpc) is 2.77. The van der Waals surface area contributed by atoms with Gasteiger partial charge in [-0.3, -0.25) is 14.5 Å². The van der Waals surface area contributed by atoms with Crippen LogP contribution in [0.1, 0.15) is 13.3 Å². The highest BCUT2D eigenvalue weighted by Gasteiger charge is 2.31. The van der Waals surface area contributed by atoms with E-state index in [-0.39, 0.29) is 30.3 Å². The third-order valence-electron chi connectivity index (χ3n) is 3.76. The third kappa shape index (κ3) is 5.43. The number of halogens is 1. The van der Waals surface area contributed by atoms with Gasteiger partial charge >= 0.3 is 0 Å². The lowest BCUT2D eigenvalue weighted by Crippen LogP contribution is -2.45. The lowest BCUT2D eigenvalue weighted by atomic mass is 10.2. The van der Waals surface area contributed by atoms with Gasteiger partial charge in [-0.05, 0) is 6.92 Å². The van der Waals surface area contributed by atoms with Gasteiger partial charge in [0, 0.05) is 39.1 Å². The number of hydrogen-bond acceptors (Lipinski definition) is 5. The molecule has 2 rings (SSSR count). The minimum absolute atomic E-state index is 0. The van der Waals surface area contributed by atoms with Crippen molar-refractivity contribution in [2.75, 3.05) is 45.9 Å². The Bertz CT molecular complexity index is 361. The van der Waals surface area contributed by atoms with Crippen LogP contribution in [-0.2, 0) is 14.3 Å². The molecule has 2 aliphatic rings. The minimum Gasteiger partial charge on any atom is -0.379 e. The lowest BCUT2D eigenvalue weighted by Gasteiger charge is -2.28. The molecule has 2 unspecified atom stereocenters. The fourth-order valence-corrected chi connectivity index (χ4v) is 2.50. The summed E-state index contributed by atoms with van der Waals surface area (Å²) in [5.74, 6) is -0.0916. The molecule has 8 heteroatoms. The lowest BCUT2D eigenvalue weighted by molar-refractivity contribution is -0.128. The highest BCUT2D eigenvalue weighted by atomic mass is 35.5. The van der Waals surface area contributed by atoms with E-state index in [1.54, 1.807) is 6.92 Å². The number of carbonyl (C=O) groups excluding carboxylic acids is 2. The van der Waals surface area contributed by atoms with Crippen LogP contribution in [0, 0.1) is 0 Å². The normalized spacial score (nSPS) is 24.6. The van der Waals surface area contributed by atoms with E-state index in [4.69, 9.17) is 10.5 Å². The molecule has 0 spiro atoms. The summed E-state index contributed by atoms with van der Waals surface area (Å²) in [6, 6.07) is -0.641. The van der Waals surface area contributed by atoms with Gasteiger partial charge in [-0.25, -0.2) is 0 Å². The Morgan fingerprint density at radius 1 is 1.43 bits per heavy atom. The summed E-state index contributed by atoms with van der Waals surface area (Å²) in [7, 11) is 0. The summed E-state index contributed by atoms with van der Waals surface area (Å²) in [5, 5.41) is 2.82. The maximum absolute atomic E-state index is 11.9. The maximum atomic E-state index is 11.9. The van der Waals surface area contributed by atoms with Crippen molar-refractivity contribution in [3.05, 3.63) is 0 Å². The zero-order valence-corrected chi connectivity index (χ0v) is 13.2. The first kappa shape index (κ1) is 18.2. The Morgan fingerprint density at radius 3 is 2.71 bits per heavy atom. The van der Waals surface area contributed by atoms with E-state index in [2.05, 4.69) is 10.2 Å². The Balaban J connectivity index is 0.00000220. The quantitative estimate of drug-likeness (QED) is 0.665. The molecule has 0 aliphatic carbocycles. The van der Waals surface area contributed by atoms with Crippen LogP contribution in [0.25, 0.3) is 0 Å². The van der Waals surface area contributed by atoms with Crippen molar-refractivity contribution in [3.63, 3.8) is 0 Å². The SMILES string of the molecule is CC(N)C(=O)NC1CC(=O)N(CCN2CCOCC2)C1.Cl. The highest BCUT2D eigenvalue weighted by molar-refractivity contribution is 5.85. The van der Waals surface area contributed by atoms with Crippen LogP contribution in [0.5, 0.6) is 0 Å². The van der Waals surface area contributed by atoms with E-state index in [0.717, 1.165) is 32.8 Å². The molecule has 0 bridgehead atoms. The van der Waals surface area contributed by atoms with Gasteiger partial charge in [0.05, 0.1) is 25.3 Å². The van der Waals surface area contributed by atoms with E-state index in [9.17, 15) is 9.59 Å². The van der Waals surface area contributed by atoms with E-state index >= 15 is 0 Å². The maximum Gasteiger partial charge on any atom is 0.236 e. The van der Waals surface area contributed by atoms with Crippen LogP contribution >= 0.6 is 12.4 Å². The summed E-state index contributed by atoms with van der Waals surface area (Å²) >= 11 is 0. The average molecular weight is 321 g/mol. The van der Waals surface area contributed by atoms with Crippen molar-refractivity contribution in [2.24, 2.45) is 5.73 Å². The predicted molar refractivity (Wildman–Crippen MR) is 81.3 cm³/mol. The van der Waals surface area contributed by atoms with Gasteiger partial charge in [0.15, 0.2) is 0 Å². The van der Waals surface area contributed by atoms with Crippen LogP contribution in [0.15, 0.2) is 0 Å². The second kappa shape index (κ2) is 8.53. The topological polar surface area (TPSA) is 87.9 Å². The molecule has 0 saturated carbocycles. The van der Waals surface area contributed by atoms with Gasteiger partial charge in [0.25, 0.3) is 0 Å². The van der Waals surface area contributed by atoms with Gasteiger partial charge in [-0.2, -0.15) is 0 Å². The summed E-state index contributed by atoms with van der Waals surface area (Å²) in [6.07, 6.45) is 0.377. The number of rotatable bonds is 5. The fourth-order valence-electron chi connectivity index (χ4n) is 2.50. The monoisotopic (exact) mass is 320 g/mol. The molecule has 2 atom stereocenters. The van der Waals surface area contributed by atoms with Gasteiger partial charge in [0.2, 0.25) is 11.8 Å². The number of likely N-dealkylation sites (tertiary alicyclic amines) is 1. The van der Waals surface area contributed by atoms with Crippen molar-refractivity contribution in [2.45, 2.75) is 25.4 Å². The van der Waals surface area contributed by atoms with E-state index in [1.165, 1.54) is 0 Å². The van der Waals surface area contributed by atoms with Crippen molar-refractivity contribution in [3.8, 4) is 0 Å². The summed E-state index contributed by atoms with van der Waals surface area (Å²) in [6.45, 7) is 7.18. The third-order valence-corrected chi connectivity index (χ3v) is 3.76. The highest BCUT2D eigenvalue weighted by Crippen LogP contribution is 2.11. The first-order chi connectivity index (χ1) is 9.56. The standard InChI is InChI=1S/C13H24N4O3.ClH/c1-10(14)13(19)15-11-8-12(18)17(9-11)3-2-16-4-6-20-7-5-16;/h10-11H,2-9,14H2,1H3,(H,15,19);1H. The molecular weight excluding hydrogens is 296 g/mol. The Kier molecular flexibility index (Phi) is 7.37. The zero-order valence-electron chi connectivity index (χ0n) is 12.4. The molecule has 21 heavy (non-hydrogen) atoms. The molecule has 2 heterocycles. The molecule has 0 aromatic rings. The van der Waals surface area contributed by atoms with Crippen LogP contribution in [-0.4, -0.2) is 79.6 Å². The van der Waals surface area contributed by atoms with Crippen LogP contribution in [0.3, 0.4) is 0 Å². The number of nitrogens with one attached hydrogen (secondary N) is 1. The molecule has 3 N–H and O–H groups in total. The molecule has 2 aliphatic heterocycles. The van der Waals surface area contributed by atoms with Crippen molar-refractivity contribution < 1.29 is 14.3 Å². The summed E-state index contributed by atoms with van der Waals surface area (Å²) in [5.41, 5.74) is 5.51. The Labute approximate surface area is 131 Å². The molecule has 2 amide bonds. The molecule has 7 nitrogen and oxygen atoms in total. The molecule has 2 saturated heterocycles. The predicted octanol–water partition coefficient (Wildman–Crippen LogP) is -1.20. The van der Waals surface area contributed by atoms with Crippen LogP contribution in [0.4, 0.5) is 0 Å². The molecular formula is C13H25ClN4O3. The van der Waals surface area contributed by atoms with Crippen LogP contribution < -0.4 is 11.1 Å². The van der Waals surface area contributed by atoms with Gasteiger partial charge in [0.1, 0.15) is 0 Å².